The molecule has 5 heteroatoms. The number of anilines is 1. The molecule has 0 amide bonds. The summed E-state index contributed by atoms with van der Waals surface area (Å²) in [4.78, 5) is 3.72. The Balaban J connectivity index is 3.29. The molecule has 11 heavy (non-hydrogen) atoms. The Morgan fingerprint density at radius 3 is 2.82 bits per heavy atom. The van der Waals surface area contributed by atoms with Crippen LogP contribution in [0.2, 0.25) is 0 Å². The zero-order chi connectivity index (χ0) is 8.43. The Hall–Kier alpha value is -0.590. The van der Waals surface area contributed by atoms with Crippen LogP contribution in [0, 0.1) is 9.39 Å². The molecule has 0 aliphatic heterocycles. The molecule has 0 fully saturated rings. The van der Waals surface area contributed by atoms with Gasteiger partial charge in [-0.2, -0.15) is 0 Å². The third-order valence-electron chi connectivity index (χ3n) is 1.16. The van der Waals surface area contributed by atoms with Gasteiger partial charge in [-0.1, -0.05) is 0 Å². The molecular weight excluding hydrogens is 262 g/mol. The number of ether oxygens (including phenoxy) is 1. The summed E-state index contributed by atoms with van der Waals surface area (Å²) in [6.07, 6.45) is 1.35. The Morgan fingerprint density at radius 2 is 2.36 bits per heavy atom. The summed E-state index contributed by atoms with van der Waals surface area (Å²) in [5, 5.41) is 0. The Labute approximate surface area is 76.9 Å². The highest BCUT2D eigenvalue weighted by atomic mass is 127. The first-order valence-corrected chi connectivity index (χ1v) is 3.88. The monoisotopic (exact) mass is 268 g/mol. The standard InChI is InChI=1S/C6H6FIN2O/c1-11-5-4(7)3(8)2-10-6(5)9/h2H,1H3,(H2,9,10). The van der Waals surface area contributed by atoms with Gasteiger partial charge in [-0.3, -0.25) is 0 Å². The Bertz CT molecular complexity index is 280. The lowest BCUT2D eigenvalue weighted by Crippen LogP contribution is -1.99. The van der Waals surface area contributed by atoms with E-state index in [0.29, 0.717) is 3.57 Å². The topological polar surface area (TPSA) is 48.1 Å². The van der Waals surface area contributed by atoms with Gasteiger partial charge >= 0.3 is 0 Å². The molecular formula is C6H6FIN2O. The van der Waals surface area contributed by atoms with Crippen molar-refractivity contribution >= 4 is 28.4 Å². The minimum atomic E-state index is -0.458. The molecule has 0 aliphatic rings. The van der Waals surface area contributed by atoms with Crippen LogP contribution in [0.25, 0.3) is 0 Å². The second-order valence-electron chi connectivity index (χ2n) is 1.84. The molecule has 2 N–H and O–H groups in total. The molecule has 60 valence electrons. The van der Waals surface area contributed by atoms with E-state index >= 15 is 0 Å². The third-order valence-corrected chi connectivity index (χ3v) is 1.91. The van der Waals surface area contributed by atoms with Gasteiger partial charge in [-0.15, -0.1) is 0 Å². The molecule has 0 saturated carbocycles. The van der Waals surface area contributed by atoms with Crippen molar-refractivity contribution in [2.24, 2.45) is 0 Å². The smallest absolute Gasteiger partial charge is 0.198 e. The summed E-state index contributed by atoms with van der Waals surface area (Å²) in [6, 6.07) is 0. The van der Waals surface area contributed by atoms with E-state index in [1.54, 1.807) is 0 Å². The lowest BCUT2D eigenvalue weighted by Gasteiger charge is -2.04. The second kappa shape index (κ2) is 3.21. The lowest BCUT2D eigenvalue weighted by molar-refractivity contribution is 0.385. The van der Waals surface area contributed by atoms with E-state index in [1.165, 1.54) is 13.3 Å². The van der Waals surface area contributed by atoms with E-state index in [2.05, 4.69) is 9.72 Å². The van der Waals surface area contributed by atoms with Crippen molar-refractivity contribution in [1.82, 2.24) is 4.98 Å². The van der Waals surface area contributed by atoms with Gasteiger partial charge < -0.3 is 10.5 Å². The normalized spacial score (nSPS) is 9.73. The van der Waals surface area contributed by atoms with Gasteiger partial charge in [0.25, 0.3) is 0 Å². The van der Waals surface area contributed by atoms with Gasteiger partial charge in [0.1, 0.15) is 0 Å². The van der Waals surface area contributed by atoms with Crippen LogP contribution in [-0.2, 0) is 0 Å². The summed E-state index contributed by atoms with van der Waals surface area (Å²) < 4.78 is 18.1. The van der Waals surface area contributed by atoms with Gasteiger partial charge in [0, 0.05) is 6.20 Å². The number of aromatic nitrogens is 1. The molecule has 1 heterocycles. The lowest BCUT2D eigenvalue weighted by atomic mass is 10.4. The third kappa shape index (κ3) is 1.52. The van der Waals surface area contributed by atoms with E-state index in [9.17, 15) is 4.39 Å². The maximum atomic E-state index is 13.0. The van der Waals surface area contributed by atoms with Crippen LogP contribution < -0.4 is 10.5 Å². The fraction of sp³-hybridized carbons (Fsp3) is 0.167. The molecule has 3 nitrogen and oxygen atoms in total. The maximum Gasteiger partial charge on any atom is 0.198 e. The van der Waals surface area contributed by atoms with Crippen LogP contribution in [0.3, 0.4) is 0 Å². The highest BCUT2D eigenvalue weighted by Gasteiger charge is 2.10. The van der Waals surface area contributed by atoms with Crippen LogP contribution in [0.4, 0.5) is 10.2 Å². The van der Waals surface area contributed by atoms with Gasteiger partial charge in [0.05, 0.1) is 10.7 Å². The van der Waals surface area contributed by atoms with Crippen molar-refractivity contribution in [3.05, 3.63) is 15.6 Å². The fourth-order valence-corrected chi connectivity index (χ4v) is 1.04. The zero-order valence-corrected chi connectivity index (χ0v) is 7.92. The number of hydrogen-bond donors (Lipinski definition) is 1. The molecule has 0 aliphatic carbocycles. The molecule has 1 aromatic rings. The van der Waals surface area contributed by atoms with E-state index in [0.717, 1.165) is 0 Å². The minimum Gasteiger partial charge on any atom is -0.490 e. The first-order valence-electron chi connectivity index (χ1n) is 2.80. The summed E-state index contributed by atoms with van der Waals surface area (Å²) in [5.74, 6) is -0.372. The molecule has 1 aromatic heterocycles. The summed E-state index contributed by atoms with van der Waals surface area (Å²) in [5.41, 5.74) is 5.32. The number of nitrogen functional groups attached to an aromatic ring is 1. The zero-order valence-electron chi connectivity index (χ0n) is 5.77. The molecule has 0 spiro atoms. The minimum absolute atomic E-state index is 0.0110. The van der Waals surface area contributed by atoms with Crippen LogP contribution in [0.1, 0.15) is 0 Å². The highest BCUT2D eigenvalue weighted by Crippen LogP contribution is 2.25. The number of methoxy groups -OCH3 is 1. The molecule has 0 atom stereocenters. The summed E-state index contributed by atoms with van der Waals surface area (Å²) >= 11 is 1.82. The van der Waals surface area contributed by atoms with Gasteiger partial charge in [0.15, 0.2) is 17.4 Å². The number of pyridine rings is 1. The van der Waals surface area contributed by atoms with E-state index in [1.807, 2.05) is 22.6 Å². The number of halogens is 2. The van der Waals surface area contributed by atoms with Crippen molar-refractivity contribution < 1.29 is 9.13 Å². The van der Waals surface area contributed by atoms with Gasteiger partial charge in [0.2, 0.25) is 0 Å². The first-order chi connectivity index (χ1) is 5.16. The number of rotatable bonds is 1. The van der Waals surface area contributed by atoms with Crippen LogP contribution in [0.5, 0.6) is 5.75 Å². The van der Waals surface area contributed by atoms with Gasteiger partial charge in [-0.25, -0.2) is 9.37 Å². The molecule has 0 aromatic carbocycles. The van der Waals surface area contributed by atoms with E-state index in [-0.39, 0.29) is 11.6 Å². The average Bonchev–Trinajstić information content (AvgIpc) is 1.99. The Kier molecular flexibility index (Phi) is 2.48. The SMILES string of the molecule is COc1c(N)ncc(I)c1F. The quantitative estimate of drug-likeness (QED) is 0.783. The molecule has 0 unspecified atom stereocenters. The highest BCUT2D eigenvalue weighted by molar-refractivity contribution is 14.1. The Morgan fingerprint density at radius 1 is 1.73 bits per heavy atom. The molecule has 1 rings (SSSR count). The van der Waals surface area contributed by atoms with E-state index < -0.39 is 5.82 Å². The molecule has 0 saturated heterocycles. The van der Waals surface area contributed by atoms with Gasteiger partial charge in [-0.05, 0) is 22.6 Å². The van der Waals surface area contributed by atoms with Crippen LogP contribution in [-0.4, -0.2) is 12.1 Å². The van der Waals surface area contributed by atoms with Crippen molar-refractivity contribution in [2.45, 2.75) is 0 Å². The molecule has 0 radical (unpaired) electrons. The second-order valence-corrected chi connectivity index (χ2v) is 3.00. The predicted octanol–water partition coefficient (Wildman–Crippen LogP) is 1.42. The number of nitrogens with zero attached hydrogens (tertiary/aromatic N) is 1. The van der Waals surface area contributed by atoms with Crippen molar-refractivity contribution in [3.63, 3.8) is 0 Å². The number of nitrogens with two attached hydrogens (primary N) is 1. The first kappa shape index (κ1) is 8.51. The number of hydrogen-bond acceptors (Lipinski definition) is 3. The maximum absolute atomic E-state index is 13.0. The van der Waals surface area contributed by atoms with Crippen molar-refractivity contribution in [1.29, 1.82) is 0 Å². The predicted molar refractivity (Wildman–Crippen MR) is 47.9 cm³/mol. The van der Waals surface area contributed by atoms with Crippen LogP contribution in [0.15, 0.2) is 6.20 Å². The fourth-order valence-electron chi connectivity index (χ4n) is 0.657. The van der Waals surface area contributed by atoms with Crippen LogP contribution >= 0.6 is 22.6 Å². The summed E-state index contributed by atoms with van der Waals surface area (Å²) in [7, 11) is 1.35. The largest absolute Gasteiger partial charge is 0.490 e. The average molecular weight is 268 g/mol. The van der Waals surface area contributed by atoms with Crippen molar-refractivity contribution in [2.75, 3.05) is 12.8 Å². The summed E-state index contributed by atoms with van der Waals surface area (Å²) in [6.45, 7) is 0. The van der Waals surface area contributed by atoms with E-state index in [4.69, 9.17) is 5.73 Å². The molecule has 0 bridgehead atoms. The van der Waals surface area contributed by atoms with Crippen molar-refractivity contribution in [3.8, 4) is 5.75 Å².